The van der Waals surface area contributed by atoms with Crippen LogP contribution in [0.25, 0.3) is 0 Å². The molecule has 0 saturated heterocycles. The molecule has 0 spiro atoms. The minimum absolute atomic E-state index is 0.0990. The van der Waals surface area contributed by atoms with Crippen molar-refractivity contribution in [2.24, 2.45) is 0 Å². The maximum absolute atomic E-state index is 13.2. The van der Waals surface area contributed by atoms with Gasteiger partial charge in [-0.3, -0.25) is 0 Å². The highest BCUT2D eigenvalue weighted by Gasteiger charge is 2.18. The lowest BCUT2D eigenvalue weighted by Crippen LogP contribution is -2.18. The molecule has 2 rings (SSSR count). The third-order valence-electron chi connectivity index (χ3n) is 2.82. The molecule has 1 N–H and O–H groups in total. The van der Waals surface area contributed by atoms with Crippen LogP contribution >= 0.6 is 22.6 Å². The summed E-state index contributed by atoms with van der Waals surface area (Å²) in [7, 11) is 3.48. The molecular formula is C14H15FINO2. The van der Waals surface area contributed by atoms with Crippen molar-refractivity contribution >= 4 is 22.6 Å². The summed E-state index contributed by atoms with van der Waals surface area (Å²) in [4.78, 5) is 0. The van der Waals surface area contributed by atoms with Gasteiger partial charge >= 0.3 is 0 Å². The van der Waals surface area contributed by atoms with E-state index in [2.05, 4.69) is 27.9 Å². The van der Waals surface area contributed by atoms with E-state index in [1.165, 1.54) is 12.1 Å². The summed E-state index contributed by atoms with van der Waals surface area (Å²) in [5, 5.41) is 3.19. The van der Waals surface area contributed by atoms with Crippen molar-refractivity contribution < 1.29 is 13.5 Å². The molecule has 0 radical (unpaired) electrons. The third-order valence-corrected chi connectivity index (χ3v) is 3.75. The van der Waals surface area contributed by atoms with Gasteiger partial charge in [-0.2, -0.15) is 0 Å². The van der Waals surface area contributed by atoms with Gasteiger partial charge in [0.15, 0.2) is 0 Å². The van der Waals surface area contributed by atoms with Crippen molar-refractivity contribution in [1.29, 1.82) is 0 Å². The second-order valence-electron chi connectivity index (χ2n) is 4.12. The van der Waals surface area contributed by atoms with Crippen LogP contribution in [0.2, 0.25) is 0 Å². The largest absolute Gasteiger partial charge is 0.462 e. The summed E-state index contributed by atoms with van der Waals surface area (Å²) in [5.41, 5.74) is 0.989. The summed E-state index contributed by atoms with van der Waals surface area (Å²) >= 11 is 2.13. The van der Waals surface area contributed by atoms with Crippen molar-refractivity contribution in [3.05, 3.63) is 56.8 Å². The lowest BCUT2D eigenvalue weighted by molar-refractivity contribution is 0.162. The molecule has 1 aromatic heterocycles. The van der Waals surface area contributed by atoms with Gasteiger partial charge in [0, 0.05) is 10.7 Å². The standard InChI is InChI=1S/C14H15FINO2/c1-17-14(11-5-3-9(15)7-12(11)16)13-6-4-10(19-13)8-18-2/h3-7,14,17H,8H2,1-2H3. The molecular weight excluding hydrogens is 360 g/mol. The quantitative estimate of drug-likeness (QED) is 0.813. The molecule has 3 nitrogen and oxygen atoms in total. The molecule has 0 bridgehead atoms. The van der Waals surface area contributed by atoms with Crippen LogP contribution in [0.5, 0.6) is 0 Å². The Morgan fingerprint density at radius 1 is 1.37 bits per heavy atom. The zero-order valence-electron chi connectivity index (χ0n) is 10.7. The number of halogens is 2. The first kappa shape index (κ1) is 14.5. The zero-order valence-corrected chi connectivity index (χ0v) is 12.9. The Bertz CT molecular complexity index is 556. The van der Waals surface area contributed by atoms with Gasteiger partial charge in [0.05, 0.1) is 6.04 Å². The predicted molar refractivity (Wildman–Crippen MR) is 79.4 cm³/mol. The van der Waals surface area contributed by atoms with Crippen LogP contribution in [0.15, 0.2) is 34.7 Å². The highest BCUT2D eigenvalue weighted by atomic mass is 127. The maximum atomic E-state index is 13.2. The molecule has 1 unspecified atom stereocenters. The number of methoxy groups -OCH3 is 1. The molecule has 0 amide bonds. The maximum Gasteiger partial charge on any atom is 0.129 e. The first-order valence-corrected chi connectivity index (χ1v) is 6.93. The first-order valence-electron chi connectivity index (χ1n) is 5.85. The number of benzene rings is 1. The van der Waals surface area contributed by atoms with E-state index < -0.39 is 0 Å². The third kappa shape index (κ3) is 3.34. The summed E-state index contributed by atoms with van der Waals surface area (Å²) < 4.78 is 24.8. The van der Waals surface area contributed by atoms with Crippen LogP contribution in [-0.2, 0) is 11.3 Å². The molecule has 19 heavy (non-hydrogen) atoms. The van der Waals surface area contributed by atoms with E-state index in [1.807, 2.05) is 19.2 Å². The molecule has 1 atom stereocenters. The Morgan fingerprint density at radius 3 is 2.79 bits per heavy atom. The highest BCUT2D eigenvalue weighted by molar-refractivity contribution is 14.1. The first-order chi connectivity index (χ1) is 9.15. The minimum atomic E-state index is -0.234. The van der Waals surface area contributed by atoms with Crippen molar-refractivity contribution in [2.75, 3.05) is 14.2 Å². The monoisotopic (exact) mass is 375 g/mol. The van der Waals surface area contributed by atoms with Gasteiger partial charge in [-0.1, -0.05) is 6.07 Å². The Morgan fingerprint density at radius 2 is 2.16 bits per heavy atom. The molecule has 0 aliphatic carbocycles. The number of hydrogen-bond acceptors (Lipinski definition) is 3. The lowest BCUT2D eigenvalue weighted by atomic mass is 10.0. The average molecular weight is 375 g/mol. The fourth-order valence-electron chi connectivity index (χ4n) is 1.96. The molecule has 1 heterocycles. The lowest BCUT2D eigenvalue weighted by Gasteiger charge is -2.16. The van der Waals surface area contributed by atoms with Gasteiger partial charge in [0.25, 0.3) is 0 Å². The van der Waals surface area contributed by atoms with E-state index in [0.717, 1.165) is 20.7 Å². The molecule has 1 aromatic carbocycles. The minimum Gasteiger partial charge on any atom is -0.462 e. The molecule has 0 aliphatic rings. The van der Waals surface area contributed by atoms with E-state index in [4.69, 9.17) is 9.15 Å². The molecule has 0 aliphatic heterocycles. The van der Waals surface area contributed by atoms with E-state index in [0.29, 0.717) is 6.61 Å². The van der Waals surface area contributed by atoms with E-state index >= 15 is 0 Å². The van der Waals surface area contributed by atoms with E-state index in [-0.39, 0.29) is 11.9 Å². The van der Waals surface area contributed by atoms with Crippen molar-refractivity contribution in [3.63, 3.8) is 0 Å². The number of ether oxygens (including phenoxy) is 1. The van der Waals surface area contributed by atoms with Gasteiger partial charge in [-0.15, -0.1) is 0 Å². The van der Waals surface area contributed by atoms with Gasteiger partial charge in [0.1, 0.15) is 23.9 Å². The highest BCUT2D eigenvalue weighted by Crippen LogP contribution is 2.28. The van der Waals surface area contributed by atoms with Crippen LogP contribution in [0.3, 0.4) is 0 Å². The Balaban J connectivity index is 2.32. The Hall–Kier alpha value is -0.920. The Labute approximate surface area is 125 Å². The normalized spacial score (nSPS) is 12.6. The van der Waals surface area contributed by atoms with Gasteiger partial charge in [-0.05, 0) is 59.5 Å². The fourth-order valence-corrected chi connectivity index (χ4v) is 2.74. The zero-order chi connectivity index (χ0) is 13.8. The second-order valence-corrected chi connectivity index (χ2v) is 5.29. The molecule has 102 valence electrons. The smallest absolute Gasteiger partial charge is 0.129 e. The predicted octanol–water partition coefficient (Wildman–Crippen LogP) is 3.48. The van der Waals surface area contributed by atoms with Crippen LogP contribution in [-0.4, -0.2) is 14.2 Å². The number of furan rings is 1. The molecule has 0 saturated carbocycles. The van der Waals surface area contributed by atoms with Crippen LogP contribution in [0, 0.1) is 9.39 Å². The molecule has 5 heteroatoms. The molecule has 0 fully saturated rings. The fraction of sp³-hybridized carbons (Fsp3) is 0.286. The molecule has 2 aromatic rings. The van der Waals surface area contributed by atoms with Crippen LogP contribution < -0.4 is 5.32 Å². The Kier molecular flexibility index (Phi) is 4.95. The van der Waals surface area contributed by atoms with Crippen LogP contribution in [0.1, 0.15) is 23.1 Å². The summed E-state index contributed by atoms with van der Waals surface area (Å²) in [6.07, 6.45) is 0. The number of hydrogen-bond donors (Lipinski definition) is 1. The van der Waals surface area contributed by atoms with Gasteiger partial charge < -0.3 is 14.5 Å². The SMILES string of the molecule is CNC(c1ccc(COC)o1)c1ccc(F)cc1I. The number of rotatable bonds is 5. The average Bonchev–Trinajstić information content (AvgIpc) is 2.82. The van der Waals surface area contributed by atoms with Crippen molar-refractivity contribution in [3.8, 4) is 0 Å². The van der Waals surface area contributed by atoms with Gasteiger partial charge in [0.2, 0.25) is 0 Å². The van der Waals surface area contributed by atoms with Crippen molar-refractivity contribution in [1.82, 2.24) is 5.32 Å². The second kappa shape index (κ2) is 6.49. The van der Waals surface area contributed by atoms with E-state index in [1.54, 1.807) is 13.2 Å². The summed E-state index contributed by atoms with van der Waals surface area (Å²) in [6, 6.07) is 8.45. The van der Waals surface area contributed by atoms with Crippen molar-refractivity contribution in [2.45, 2.75) is 12.6 Å². The topological polar surface area (TPSA) is 34.4 Å². The van der Waals surface area contributed by atoms with E-state index in [9.17, 15) is 4.39 Å². The number of nitrogens with one attached hydrogen (secondary N) is 1. The van der Waals surface area contributed by atoms with Crippen LogP contribution in [0.4, 0.5) is 4.39 Å². The van der Waals surface area contributed by atoms with Gasteiger partial charge in [-0.25, -0.2) is 4.39 Å². The summed E-state index contributed by atoms with van der Waals surface area (Å²) in [5.74, 6) is 1.33. The summed E-state index contributed by atoms with van der Waals surface area (Å²) in [6.45, 7) is 0.441.